The summed E-state index contributed by atoms with van der Waals surface area (Å²) in [5.74, 6) is 1.54. The lowest BCUT2D eigenvalue weighted by Crippen LogP contribution is -2.19. The Balaban J connectivity index is 1.49. The molecule has 186 valence electrons. The minimum atomic E-state index is 0.269. The summed E-state index contributed by atoms with van der Waals surface area (Å²) in [5.41, 5.74) is 10.6. The highest BCUT2D eigenvalue weighted by atomic mass is 15.1. The lowest BCUT2D eigenvalue weighted by Gasteiger charge is -2.25. The summed E-state index contributed by atoms with van der Waals surface area (Å²) in [6.07, 6.45) is 5.95. The fourth-order valence-corrected chi connectivity index (χ4v) is 5.29. The van der Waals surface area contributed by atoms with Gasteiger partial charge >= 0.3 is 0 Å². The average Bonchev–Trinajstić information content (AvgIpc) is 3.36. The highest BCUT2D eigenvalue weighted by Crippen LogP contribution is 2.38. The van der Waals surface area contributed by atoms with Gasteiger partial charge in [0, 0.05) is 45.2 Å². The first-order chi connectivity index (χ1) is 17.8. The topological polar surface area (TPSA) is 66.5 Å². The highest BCUT2D eigenvalue weighted by Gasteiger charge is 2.20. The van der Waals surface area contributed by atoms with Crippen molar-refractivity contribution in [2.24, 2.45) is 5.92 Å². The molecule has 0 fully saturated rings. The Hall–Kier alpha value is -3.99. The minimum absolute atomic E-state index is 0.269. The van der Waals surface area contributed by atoms with Gasteiger partial charge < -0.3 is 5.32 Å². The monoisotopic (exact) mass is 487 g/mol. The van der Waals surface area contributed by atoms with Crippen molar-refractivity contribution >= 4 is 38.3 Å². The SMILES string of the molecule is C=C(NC1=C(C)CCc2cc(-c3ccc4c(c3)c3c[nH]ncc3c3nc(C(C)C)nc43)ccc21)C(C)C. The number of hydrogen-bond donors (Lipinski definition) is 2. The molecular formula is C32H33N5. The fraction of sp³-hybridized carbons (Fsp3) is 0.281. The third kappa shape index (κ3) is 3.90. The number of H-pyrrole nitrogens is 1. The van der Waals surface area contributed by atoms with Gasteiger partial charge in [-0.3, -0.25) is 5.10 Å². The number of fused-ring (bicyclic) bond motifs is 7. The average molecular weight is 488 g/mol. The van der Waals surface area contributed by atoms with Crippen molar-refractivity contribution in [3.8, 4) is 11.1 Å². The van der Waals surface area contributed by atoms with Gasteiger partial charge in [-0.1, -0.05) is 64.6 Å². The summed E-state index contributed by atoms with van der Waals surface area (Å²) in [6.45, 7) is 15.1. The van der Waals surface area contributed by atoms with Crippen LogP contribution in [0.3, 0.4) is 0 Å². The molecule has 5 heteroatoms. The number of allylic oxidation sites excluding steroid dienone is 2. The lowest BCUT2D eigenvalue weighted by molar-refractivity contribution is 0.719. The number of imidazole rings is 1. The van der Waals surface area contributed by atoms with Gasteiger partial charge in [0.05, 0.1) is 11.7 Å². The molecule has 5 aromatic rings. The van der Waals surface area contributed by atoms with Crippen molar-refractivity contribution < 1.29 is 0 Å². The quantitative estimate of drug-likeness (QED) is 0.247. The molecular weight excluding hydrogens is 454 g/mol. The van der Waals surface area contributed by atoms with Gasteiger partial charge in [0.25, 0.3) is 0 Å². The van der Waals surface area contributed by atoms with E-state index in [2.05, 4.69) is 93.1 Å². The van der Waals surface area contributed by atoms with Gasteiger partial charge in [-0.05, 0) is 59.4 Å². The molecule has 0 radical (unpaired) electrons. The van der Waals surface area contributed by atoms with Crippen molar-refractivity contribution in [3.05, 3.63) is 83.6 Å². The predicted octanol–water partition coefficient (Wildman–Crippen LogP) is 7.89. The molecule has 0 amide bonds. The highest BCUT2D eigenvalue weighted by molar-refractivity contribution is 6.23. The molecule has 0 saturated heterocycles. The van der Waals surface area contributed by atoms with E-state index < -0.39 is 0 Å². The minimum Gasteiger partial charge on any atom is -0.359 e. The number of benzene rings is 3. The molecule has 0 saturated carbocycles. The number of aryl methyl sites for hydroxylation is 1. The molecule has 2 heterocycles. The van der Waals surface area contributed by atoms with Gasteiger partial charge in [0.1, 0.15) is 11.3 Å². The molecule has 0 bridgehead atoms. The van der Waals surface area contributed by atoms with Crippen LogP contribution in [0.15, 0.2) is 66.6 Å². The van der Waals surface area contributed by atoms with Crippen LogP contribution >= 0.6 is 0 Å². The van der Waals surface area contributed by atoms with Crippen LogP contribution in [0, 0.1) is 5.92 Å². The van der Waals surface area contributed by atoms with Gasteiger partial charge in [0.2, 0.25) is 0 Å². The van der Waals surface area contributed by atoms with E-state index in [4.69, 9.17) is 9.97 Å². The van der Waals surface area contributed by atoms with Crippen molar-refractivity contribution in [1.82, 2.24) is 25.5 Å². The zero-order chi connectivity index (χ0) is 25.8. The molecule has 1 aliphatic carbocycles. The molecule has 3 aromatic carbocycles. The van der Waals surface area contributed by atoms with Crippen molar-refractivity contribution in [2.75, 3.05) is 0 Å². The third-order valence-corrected chi connectivity index (χ3v) is 7.67. The first-order valence-corrected chi connectivity index (χ1v) is 13.2. The molecule has 0 unspecified atom stereocenters. The van der Waals surface area contributed by atoms with Crippen molar-refractivity contribution in [3.63, 3.8) is 0 Å². The van der Waals surface area contributed by atoms with Gasteiger partial charge in [-0.2, -0.15) is 5.10 Å². The molecule has 5 nitrogen and oxygen atoms in total. The predicted molar refractivity (Wildman–Crippen MR) is 154 cm³/mol. The first kappa shape index (κ1) is 23.4. The Morgan fingerprint density at radius 3 is 2.38 bits per heavy atom. The zero-order valence-corrected chi connectivity index (χ0v) is 22.2. The van der Waals surface area contributed by atoms with Gasteiger partial charge in [0.15, 0.2) is 0 Å². The van der Waals surface area contributed by atoms with Gasteiger partial charge in [-0.15, -0.1) is 0 Å². The number of nitrogens with one attached hydrogen (secondary N) is 2. The molecule has 37 heavy (non-hydrogen) atoms. The maximum atomic E-state index is 4.93. The zero-order valence-electron chi connectivity index (χ0n) is 22.2. The van der Waals surface area contributed by atoms with Crippen molar-refractivity contribution in [1.29, 1.82) is 0 Å². The largest absolute Gasteiger partial charge is 0.359 e. The van der Waals surface area contributed by atoms with Gasteiger partial charge in [-0.25, -0.2) is 9.97 Å². The van der Waals surface area contributed by atoms with E-state index in [1.807, 2.05) is 12.4 Å². The summed E-state index contributed by atoms with van der Waals surface area (Å²) in [6, 6.07) is 13.6. The summed E-state index contributed by atoms with van der Waals surface area (Å²) < 4.78 is 0. The van der Waals surface area contributed by atoms with Crippen LogP contribution in [0.1, 0.15) is 63.9 Å². The van der Waals surface area contributed by atoms with E-state index in [1.54, 1.807) is 0 Å². The van der Waals surface area contributed by atoms with E-state index in [9.17, 15) is 0 Å². The Morgan fingerprint density at radius 1 is 0.892 bits per heavy atom. The Kier molecular flexibility index (Phi) is 5.59. The van der Waals surface area contributed by atoms with Crippen LogP contribution in [0.25, 0.3) is 49.4 Å². The second-order valence-corrected chi connectivity index (χ2v) is 10.9. The van der Waals surface area contributed by atoms with E-state index in [0.717, 1.165) is 56.9 Å². The molecule has 2 aromatic heterocycles. The van der Waals surface area contributed by atoms with Crippen LogP contribution < -0.4 is 5.32 Å². The second-order valence-electron chi connectivity index (χ2n) is 10.9. The molecule has 6 rings (SSSR count). The summed E-state index contributed by atoms with van der Waals surface area (Å²) >= 11 is 0. The second kappa shape index (κ2) is 8.84. The van der Waals surface area contributed by atoms with Crippen LogP contribution in [-0.4, -0.2) is 20.2 Å². The number of aromatic amines is 1. The number of hydrogen-bond acceptors (Lipinski definition) is 4. The number of aromatic nitrogens is 4. The van der Waals surface area contributed by atoms with Crippen LogP contribution in [0.5, 0.6) is 0 Å². The normalized spacial score (nSPS) is 13.8. The van der Waals surface area contributed by atoms with E-state index in [1.165, 1.54) is 33.5 Å². The summed E-state index contributed by atoms with van der Waals surface area (Å²) in [4.78, 5) is 9.82. The molecule has 0 spiro atoms. The first-order valence-electron chi connectivity index (χ1n) is 13.2. The van der Waals surface area contributed by atoms with Crippen molar-refractivity contribution in [2.45, 2.75) is 53.4 Å². The molecule has 0 aliphatic heterocycles. The lowest BCUT2D eigenvalue weighted by atomic mass is 9.87. The Labute approximate surface area is 217 Å². The van der Waals surface area contributed by atoms with E-state index in [-0.39, 0.29) is 5.92 Å². The maximum absolute atomic E-state index is 4.93. The standard InChI is InChI=1S/C32H33N5/c1-17(2)20(6)35-29-19(5)7-8-23-13-21(9-11-24(23)29)22-10-12-25-26(14-22)27-15-33-34-16-28(27)31-30(25)36-32(37-31)18(3)4/h9-18,33,35H,6-8H2,1-5H3. The fourth-order valence-electron chi connectivity index (χ4n) is 5.29. The Morgan fingerprint density at radius 2 is 1.62 bits per heavy atom. The third-order valence-electron chi connectivity index (χ3n) is 7.67. The maximum Gasteiger partial charge on any atom is 0.132 e. The summed E-state index contributed by atoms with van der Waals surface area (Å²) in [5, 5.41) is 15.4. The number of rotatable bonds is 5. The molecule has 0 atom stereocenters. The van der Waals surface area contributed by atoms with E-state index in [0.29, 0.717) is 5.92 Å². The van der Waals surface area contributed by atoms with Crippen LogP contribution in [0.2, 0.25) is 0 Å². The summed E-state index contributed by atoms with van der Waals surface area (Å²) in [7, 11) is 0. The Bertz CT molecular complexity index is 1740. The van der Waals surface area contributed by atoms with E-state index >= 15 is 0 Å². The molecule has 1 aliphatic rings. The smallest absolute Gasteiger partial charge is 0.132 e. The van der Waals surface area contributed by atoms with Crippen LogP contribution in [0.4, 0.5) is 0 Å². The number of nitrogens with zero attached hydrogens (tertiary/aromatic N) is 3. The van der Waals surface area contributed by atoms with Crippen LogP contribution in [-0.2, 0) is 6.42 Å². The molecule has 2 N–H and O–H groups in total.